The van der Waals surface area contributed by atoms with Crippen LogP contribution in [0.3, 0.4) is 0 Å². The van der Waals surface area contributed by atoms with Crippen molar-refractivity contribution < 1.29 is 40.7 Å². The van der Waals surface area contributed by atoms with E-state index >= 15 is 0 Å². The molecule has 2 aromatic carbocycles. The fourth-order valence-electron chi connectivity index (χ4n) is 5.68. The first-order valence-corrected chi connectivity index (χ1v) is 15.5. The maximum atomic E-state index is 13.2. The minimum atomic E-state index is -4.41. The van der Waals surface area contributed by atoms with Gasteiger partial charge in [0, 0.05) is 24.1 Å². The van der Waals surface area contributed by atoms with Crippen molar-refractivity contribution in [2.45, 2.75) is 55.3 Å². The minimum Gasteiger partial charge on any atom is -0.493 e. The standard InChI is InChI=1S/C30H30F3N3O6S/c1-43(39,40)24-5-2-4-18(13-24)19-10-20(12-22(11-19)41-9-7-30(31,32)33)27(38)36-21-14-29(15-21)16-23(17-29)42-28-25(26(34)37)6-3-8-35-28/h2-6,8,10-13,21,23H,7,9,14-17H2,1H3,(H2,34,37)(H,36,38)/t21-,23-,29?. The van der Waals surface area contributed by atoms with Crippen LogP contribution >= 0.6 is 0 Å². The lowest BCUT2D eigenvalue weighted by Crippen LogP contribution is -2.58. The van der Waals surface area contributed by atoms with Gasteiger partial charge in [-0.25, -0.2) is 13.4 Å². The topological polar surface area (TPSA) is 138 Å². The first-order chi connectivity index (χ1) is 20.2. The number of carbonyl (C=O) groups is 2. The Kier molecular flexibility index (Phi) is 8.12. The number of halogens is 3. The highest BCUT2D eigenvalue weighted by molar-refractivity contribution is 7.90. The molecule has 3 N–H and O–H groups in total. The van der Waals surface area contributed by atoms with Crippen LogP contribution in [0, 0.1) is 5.41 Å². The lowest BCUT2D eigenvalue weighted by atomic mass is 9.53. The maximum absolute atomic E-state index is 13.2. The maximum Gasteiger partial charge on any atom is 0.392 e. The third kappa shape index (κ3) is 7.27. The van der Waals surface area contributed by atoms with Gasteiger partial charge in [0.05, 0.1) is 17.9 Å². The smallest absolute Gasteiger partial charge is 0.392 e. The first-order valence-electron chi connectivity index (χ1n) is 13.6. The Morgan fingerprint density at radius 1 is 1.05 bits per heavy atom. The van der Waals surface area contributed by atoms with Crippen LogP contribution in [0.4, 0.5) is 13.2 Å². The molecule has 0 aliphatic heterocycles. The Hall–Kier alpha value is -4.13. The number of amides is 2. The molecular formula is C30H30F3N3O6S. The zero-order chi connectivity index (χ0) is 31.0. The van der Waals surface area contributed by atoms with Gasteiger partial charge in [0.15, 0.2) is 9.84 Å². The van der Waals surface area contributed by atoms with Gasteiger partial charge in [0.1, 0.15) is 17.4 Å². The number of rotatable bonds is 10. The molecule has 1 heterocycles. The molecule has 228 valence electrons. The van der Waals surface area contributed by atoms with Gasteiger partial charge >= 0.3 is 6.18 Å². The SMILES string of the molecule is CS(=O)(=O)c1cccc(-c2cc(OCCC(F)(F)F)cc(C(=O)N[C@H]3CC4(C3)C[C@H](Oc3ncccc3C(N)=O)C4)c2)c1. The Morgan fingerprint density at radius 3 is 2.47 bits per heavy atom. The number of carbonyl (C=O) groups excluding carboxylic acids is 2. The molecule has 0 radical (unpaired) electrons. The van der Waals surface area contributed by atoms with E-state index in [2.05, 4.69) is 10.3 Å². The van der Waals surface area contributed by atoms with Crippen molar-refractivity contribution in [2.24, 2.45) is 11.1 Å². The molecule has 0 atom stereocenters. The molecule has 5 rings (SSSR count). The minimum absolute atomic E-state index is 0.00405. The molecule has 2 amide bonds. The average Bonchev–Trinajstić information content (AvgIpc) is 2.89. The van der Waals surface area contributed by atoms with E-state index in [0.717, 1.165) is 19.1 Å². The van der Waals surface area contributed by atoms with Gasteiger partial charge < -0.3 is 20.5 Å². The highest BCUT2D eigenvalue weighted by atomic mass is 32.2. The lowest BCUT2D eigenvalue weighted by molar-refractivity contribution is -0.139. The van der Waals surface area contributed by atoms with Gasteiger partial charge in [0.25, 0.3) is 11.8 Å². The van der Waals surface area contributed by atoms with E-state index in [0.29, 0.717) is 24.0 Å². The fraction of sp³-hybridized carbons (Fsp3) is 0.367. The number of hydrogen-bond donors (Lipinski definition) is 2. The molecule has 2 fully saturated rings. The molecule has 43 heavy (non-hydrogen) atoms. The molecule has 9 nitrogen and oxygen atoms in total. The van der Waals surface area contributed by atoms with E-state index in [1.807, 2.05) is 0 Å². The van der Waals surface area contributed by atoms with Crippen LogP contribution in [-0.2, 0) is 9.84 Å². The molecule has 0 saturated heterocycles. The first kappa shape index (κ1) is 30.3. The van der Waals surface area contributed by atoms with Crippen LogP contribution in [0.25, 0.3) is 11.1 Å². The van der Waals surface area contributed by atoms with E-state index in [4.69, 9.17) is 15.2 Å². The number of hydrogen-bond acceptors (Lipinski definition) is 7. The van der Waals surface area contributed by atoms with Crippen LogP contribution in [0.5, 0.6) is 11.6 Å². The number of ether oxygens (including phenoxy) is 2. The zero-order valence-corrected chi connectivity index (χ0v) is 24.0. The quantitative estimate of drug-likeness (QED) is 0.336. The second-order valence-electron chi connectivity index (χ2n) is 11.2. The predicted molar refractivity (Wildman–Crippen MR) is 150 cm³/mol. The molecule has 0 unspecified atom stereocenters. The van der Waals surface area contributed by atoms with Crippen LogP contribution in [0.2, 0.25) is 0 Å². The molecule has 1 spiro atoms. The molecule has 13 heteroatoms. The number of pyridine rings is 1. The fourth-order valence-corrected chi connectivity index (χ4v) is 6.35. The number of aromatic nitrogens is 1. The van der Waals surface area contributed by atoms with Gasteiger partial charge in [-0.2, -0.15) is 13.2 Å². The molecule has 0 bridgehead atoms. The highest BCUT2D eigenvalue weighted by Crippen LogP contribution is 2.56. The summed E-state index contributed by atoms with van der Waals surface area (Å²) in [5.41, 5.74) is 6.68. The lowest BCUT2D eigenvalue weighted by Gasteiger charge is -2.57. The van der Waals surface area contributed by atoms with Gasteiger partial charge in [-0.3, -0.25) is 9.59 Å². The number of nitrogens with two attached hydrogens (primary N) is 1. The summed E-state index contributed by atoms with van der Waals surface area (Å²) < 4.78 is 73.5. The Morgan fingerprint density at radius 2 is 1.79 bits per heavy atom. The van der Waals surface area contributed by atoms with Crippen molar-refractivity contribution in [2.75, 3.05) is 12.9 Å². The van der Waals surface area contributed by atoms with Crippen molar-refractivity contribution >= 4 is 21.7 Å². The molecular weight excluding hydrogens is 587 g/mol. The van der Waals surface area contributed by atoms with Crippen molar-refractivity contribution in [3.63, 3.8) is 0 Å². The number of alkyl halides is 3. The van der Waals surface area contributed by atoms with Crippen LogP contribution in [0.1, 0.15) is 52.8 Å². The average molecular weight is 618 g/mol. The van der Waals surface area contributed by atoms with Gasteiger partial charge in [-0.1, -0.05) is 12.1 Å². The third-order valence-electron chi connectivity index (χ3n) is 7.75. The zero-order valence-electron chi connectivity index (χ0n) is 23.2. The number of primary amides is 1. The second kappa shape index (κ2) is 11.5. The van der Waals surface area contributed by atoms with E-state index in [9.17, 15) is 31.2 Å². The summed E-state index contributed by atoms with van der Waals surface area (Å²) >= 11 is 0. The van der Waals surface area contributed by atoms with Gasteiger partial charge in [-0.05, 0) is 84.7 Å². The van der Waals surface area contributed by atoms with E-state index < -0.39 is 40.9 Å². The summed E-state index contributed by atoms with van der Waals surface area (Å²) in [6.07, 6.45) is -0.204. The Balaban J connectivity index is 1.25. The summed E-state index contributed by atoms with van der Waals surface area (Å²) in [5.74, 6) is -0.780. The van der Waals surface area contributed by atoms with E-state index in [-0.39, 0.29) is 45.2 Å². The van der Waals surface area contributed by atoms with Gasteiger partial charge in [0.2, 0.25) is 5.88 Å². The van der Waals surface area contributed by atoms with E-state index in [1.165, 1.54) is 30.5 Å². The molecule has 3 aromatic rings. The third-order valence-corrected chi connectivity index (χ3v) is 8.86. The summed E-state index contributed by atoms with van der Waals surface area (Å²) in [6, 6.07) is 13.5. The number of benzene rings is 2. The van der Waals surface area contributed by atoms with E-state index in [1.54, 1.807) is 30.3 Å². The largest absolute Gasteiger partial charge is 0.493 e. The van der Waals surface area contributed by atoms with Crippen LogP contribution in [-0.4, -0.2) is 56.4 Å². The summed E-state index contributed by atoms with van der Waals surface area (Å²) in [4.78, 5) is 29.0. The van der Waals surface area contributed by atoms with Crippen LogP contribution < -0.4 is 20.5 Å². The highest BCUT2D eigenvalue weighted by Gasteiger charge is 2.54. The summed E-state index contributed by atoms with van der Waals surface area (Å²) in [6.45, 7) is -0.634. The molecule has 2 aliphatic rings. The summed E-state index contributed by atoms with van der Waals surface area (Å²) in [7, 11) is -3.52. The molecule has 2 aliphatic carbocycles. The number of nitrogens with zero attached hydrogens (tertiary/aromatic N) is 1. The van der Waals surface area contributed by atoms with Crippen molar-refractivity contribution in [1.82, 2.24) is 10.3 Å². The van der Waals surface area contributed by atoms with Crippen molar-refractivity contribution in [3.05, 3.63) is 71.9 Å². The molecule has 2 saturated carbocycles. The second-order valence-corrected chi connectivity index (χ2v) is 13.2. The normalized spacial score (nSPS) is 21.4. The predicted octanol–water partition coefficient (Wildman–Crippen LogP) is 4.70. The van der Waals surface area contributed by atoms with Gasteiger partial charge in [-0.15, -0.1) is 0 Å². The Bertz CT molecular complexity index is 1650. The van der Waals surface area contributed by atoms with Crippen molar-refractivity contribution in [1.29, 1.82) is 0 Å². The number of nitrogens with one attached hydrogen (secondary N) is 1. The summed E-state index contributed by atoms with van der Waals surface area (Å²) in [5, 5.41) is 2.98. The number of sulfone groups is 1. The molecule has 1 aromatic heterocycles. The Labute approximate surface area is 246 Å². The monoisotopic (exact) mass is 617 g/mol. The van der Waals surface area contributed by atoms with Crippen molar-refractivity contribution in [3.8, 4) is 22.8 Å². The van der Waals surface area contributed by atoms with Crippen LogP contribution in [0.15, 0.2) is 65.7 Å².